The molecule has 138 valence electrons. The molecule has 2 aromatic carbocycles. The third-order valence-electron chi connectivity index (χ3n) is 6.16. The van der Waals surface area contributed by atoms with E-state index in [1.54, 1.807) is 0 Å². The molecule has 0 aliphatic carbocycles. The number of ether oxygens (including phenoxy) is 3. The molecule has 4 rings (SSSR count). The van der Waals surface area contributed by atoms with Crippen LogP contribution in [0.4, 0.5) is 0 Å². The molecule has 0 saturated carbocycles. The molecule has 2 fully saturated rings. The minimum Gasteiger partial charge on any atom is -0.485 e. The third-order valence-corrected chi connectivity index (χ3v) is 6.16. The van der Waals surface area contributed by atoms with Crippen LogP contribution >= 0.6 is 0 Å². The average Bonchev–Trinajstić information content (AvgIpc) is 3.14. The number of hydrogen-bond acceptors (Lipinski definition) is 3. The van der Waals surface area contributed by atoms with Crippen molar-refractivity contribution >= 4 is 0 Å². The van der Waals surface area contributed by atoms with Crippen molar-refractivity contribution in [1.29, 1.82) is 0 Å². The van der Waals surface area contributed by atoms with E-state index in [0.717, 1.165) is 25.0 Å². The Morgan fingerprint density at radius 3 is 2.35 bits per heavy atom. The number of para-hydroxylation sites is 1. The van der Waals surface area contributed by atoms with Gasteiger partial charge in [0.15, 0.2) is 0 Å². The van der Waals surface area contributed by atoms with E-state index in [2.05, 4.69) is 45.0 Å². The van der Waals surface area contributed by atoms with Crippen LogP contribution < -0.4 is 4.74 Å². The monoisotopic (exact) mass is 352 g/mol. The number of fused-ring (bicyclic) bond motifs is 2. The second-order valence-electron chi connectivity index (χ2n) is 8.32. The van der Waals surface area contributed by atoms with Crippen molar-refractivity contribution in [3.8, 4) is 5.75 Å². The van der Waals surface area contributed by atoms with Gasteiger partial charge < -0.3 is 14.2 Å². The Balaban J connectivity index is 1.49. The highest BCUT2D eigenvalue weighted by molar-refractivity contribution is 5.24. The molecule has 2 aromatic rings. The van der Waals surface area contributed by atoms with Crippen molar-refractivity contribution in [3.05, 3.63) is 66.2 Å². The van der Waals surface area contributed by atoms with Crippen LogP contribution in [0.3, 0.4) is 0 Å². The summed E-state index contributed by atoms with van der Waals surface area (Å²) >= 11 is 0. The number of hydrogen-bond donors (Lipinski definition) is 0. The lowest BCUT2D eigenvalue weighted by molar-refractivity contribution is -0.143. The van der Waals surface area contributed by atoms with Crippen LogP contribution in [0, 0.1) is 0 Å². The highest BCUT2D eigenvalue weighted by Crippen LogP contribution is 2.57. The van der Waals surface area contributed by atoms with Gasteiger partial charge in [0.25, 0.3) is 0 Å². The molecule has 2 saturated heterocycles. The van der Waals surface area contributed by atoms with Crippen molar-refractivity contribution < 1.29 is 14.2 Å². The molecule has 0 amide bonds. The van der Waals surface area contributed by atoms with Crippen LogP contribution in [0.1, 0.15) is 45.6 Å². The summed E-state index contributed by atoms with van der Waals surface area (Å²) in [6.45, 7) is 7.10. The molecule has 0 radical (unpaired) electrons. The van der Waals surface area contributed by atoms with Crippen LogP contribution in [0.25, 0.3) is 0 Å². The zero-order chi connectivity index (χ0) is 18.3. The highest BCUT2D eigenvalue weighted by Gasteiger charge is 2.66. The molecule has 0 aromatic heterocycles. The smallest absolute Gasteiger partial charge is 0.132 e. The van der Waals surface area contributed by atoms with Gasteiger partial charge in [-0.25, -0.2) is 0 Å². The highest BCUT2D eigenvalue weighted by atomic mass is 16.6. The summed E-state index contributed by atoms with van der Waals surface area (Å²) in [7, 11) is 0. The zero-order valence-corrected chi connectivity index (χ0v) is 15.9. The molecular formula is C23H28O3. The lowest BCUT2D eigenvalue weighted by Crippen LogP contribution is -2.53. The maximum absolute atomic E-state index is 6.64. The standard InChI is InChI=1S/C23H28O3/c1-21(2,25-19-12-8-5-9-13-19)23-15-14-22(3,26-23)20(16-23)24-17-18-10-6-4-7-11-18/h4-13,20H,14-17H2,1-3H3. The summed E-state index contributed by atoms with van der Waals surface area (Å²) < 4.78 is 19.3. The maximum atomic E-state index is 6.64. The van der Waals surface area contributed by atoms with E-state index in [0.29, 0.717) is 6.61 Å². The molecule has 2 aliphatic heterocycles. The second kappa shape index (κ2) is 6.40. The summed E-state index contributed by atoms with van der Waals surface area (Å²) in [5, 5.41) is 0. The van der Waals surface area contributed by atoms with Crippen LogP contribution in [0.5, 0.6) is 5.75 Å². The fraction of sp³-hybridized carbons (Fsp3) is 0.478. The summed E-state index contributed by atoms with van der Waals surface area (Å²) in [4.78, 5) is 0. The van der Waals surface area contributed by atoms with Crippen molar-refractivity contribution in [1.82, 2.24) is 0 Å². The molecule has 3 atom stereocenters. The van der Waals surface area contributed by atoms with Gasteiger partial charge in [-0.05, 0) is 51.3 Å². The fourth-order valence-corrected chi connectivity index (χ4v) is 4.44. The lowest BCUT2D eigenvalue weighted by Gasteiger charge is -2.41. The number of benzene rings is 2. The topological polar surface area (TPSA) is 27.7 Å². The summed E-state index contributed by atoms with van der Waals surface area (Å²) in [5.41, 5.74) is 0.245. The molecule has 3 heteroatoms. The van der Waals surface area contributed by atoms with Crippen molar-refractivity contribution in [3.63, 3.8) is 0 Å². The molecule has 2 aliphatic rings. The van der Waals surface area contributed by atoms with Gasteiger partial charge in [0.2, 0.25) is 0 Å². The van der Waals surface area contributed by atoms with E-state index in [-0.39, 0.29) is 17.3 Å². The van der Waals surface area contributed by atoms with E-state index >= 15 is 0 Å². The molecule has 3 nitrogen and oxygen atoms in total. The minimum absolute atomic E-state index is 0.0927. The van der Waals surface area contributed by atoms with Crippen LogP contribution in [-0.2, 0) is 16.1 Å². The van der Waals surface area contributed by atoms with Crippen molar-refractivity contribution in [2.24, 2.45) is 0 Å². The third kappa shape index (κ3) is 3.04. The van der Waals surface area contributed by atoms with Crippen LogP contribution in [0.2, 0.25) is 0 Å². The van der Waals surface area contributed by atoms with Gasteiger partial charge in [-0.3, -0.25) is 0 Å². The summed E-state index contributed by atoms with van der Waals surface area (Å²) in [6, 6.07) is 20.4. The maximum Gasteiger partial charge on any atom is 0.132 e. The Labute approximate surface area is 156 Å². The first-order chi connectivity index (χ1) is 12.4. The predicted octanol–water partition coefficient (Wildman–Crippen LogP) is 5.14. The molecule has 0 spiro atoms. The Kier molecular flexibility index (Phi) is 4.32. The SMILES string of the molecule is CC12CCC(C(C)(C)Oc3ccccc3)(CC1OCc1ccccc1)O2. The van der Waals surface area contributed by atoms with Gasteiger partial charge >= 0.3 is 0 Å². The van der Waals surface area contributed by atoms with E-state index < -0.39 is 5.60 Å². The Hall–Kier alpha value is -1.84. The second-order valence-corrected chi connectivity index (χ2v) is 8.32. The molecule has 26 heavy (non-hydrogen) atoms. The van der Waals surface area contributed by atoms with Gasteiger partial charge in [-0.15, -0.1) is 0 Å². The van der Waals surface area contributed by atoms with Gasteiger partial charge in [-0.2, -0.15) is 0 Å². The van der Waals surface area contributed by atoms with Crippen molar-refractivity contribution in [2.45, 2.75) is 69.5 Å². The van der Waals surface area contributed by atoms with Gasteiger partial charge in [0, 0.05) is 6.42 Å². The molecule has 2 heterocycles. The van der Waals surface area contributed by atoms with Gasteiger partial charge in [-0.1, -0.05) is 48.5 Å². The first-order valence-corrected chi connectivity index (χ1v) is 9.52. The molecular weight excluding hydrogens is 324 g/mol. The average molecular weight is 352 g/mol. The summed E-state index contributed by atoms with van der Waals surface area (Å²) in [6.07, 6.45) is 2.98. The first-order valence-electron chi connectivity index (χ1n) is 9.52. The molecule has 3 unspecified atom stereocenters. The zero-order valence-electron chi connectivity index (χ0n) is 15.9. The van der Waals surface area contributed by atoms with Crippen LogP contribution in [-0.4, -0.2) is 22.9 Å². The van der Waals surface area contributed by atoms with E-state index in [4.69, 9.17) is 14.2 Å². The fourth-order valence-electron chi connectivity index (χ4n) is 4.44. The van der Waals surface area contributed by atoms with E-state index in [9.17, 15) is 0 Å². The largest absolute Gasteiger partial charge is 0.485 e. The molecule has 2 bridgehead atoms. The molecule has 0 N–H and O–H groups in total. The Bertz CT molecular complexity index is 743. The normalized spacial score (nSPS) is 30.5. The van der Waals surface area contributed by atoms with Crippen LogP contribution in [0.15, 0.2) is 60.7 Å². The first kappa shape index (κ1) is 17.6. The van der Waals surface area contributed by atoms with E-state index in [1.807, 2.05) is 36.4 Å². The number of rotatable bonds is 6. The van der Waals surface area contributed by atoms with E-state index in [1.165, 1.54) is 5.56 Å². The lowest BCUT2D eigenvalue weighted by atomic mass is 9.73. The van der Waals surface area contributed by atoms with Gasteiger partial charge in [0.1, 0.15) is 17.0 Å². The van der Waals surface area contributed by atoms with Crippen molar-refractivity contribution in [2.75, 3.05) is 0 Å². The Morgan fingerprint density at radius 1 is 1.00 bits per heavy atom. The summed E-state index contributed by atoms with van der Waals surface area (Å²) in [5.74, 6) is 0.887. The minimum atomic E-state index is -0.420. The Morgan fingerprint density at radius 2 is 1.65 bits per heavy atom. The predicted molar refractivity (Wildman–Crippen MR) is 102 cm³/mol. The quantitative estimate of drug-likeness (QED) is 0.720. The van der Waals surface area contributed by atoms with Gasteiger partial charge in [0.05, 0.1) is 18.3 Å².